The number of aromatic carboxylic acids is 1. The zero-order valence-corrected chi connectivity index (χ0v) is 12.1. The molecule has 104 valence electrons. The van der Waals surface area contributed by atoms with Crippen LogP contribution >= 0.6 is 22.9 Å². The summed E-state index contributed by atoms with van der Waals surface area (Å²) in [6.45, 7) is 2.04. The molecule has 0 unspecified atom stereocenters. The van der Waals surface area contributed by atoms with Gasteiger partial charge in [-0.3, -0.25) is 4.79 Å². The van der Waals surface area contributed by atoms with Crippen LogP contribution in [0.3, 0.4) is 0 Å². The maximum absolute atomic E-state index is 11.9. The average molecular weight is 311 g/mol. The third kappa shape index (κ3) is 3.34. The molecule has 0 aliphatic carbocycles. The van der Waals surface area contributed by atoms with E-state index in [2.05, 4.69) is 10.3 Å². The zero-order valence-electron chi connectivity index (χ0n) is 10.5. The molecule has 7 heteroatoms. The first-order chi connectivity index (χ1) is 9.47. The number of hydrogen-bond acceptors (Lipinski definition) is 4. The summed E-state index contributed by atoms with van der Waals surface area (Å²) < 4.78 is 0. The number of nitrogens with zero attached hydrogens (tertiary/aromatic N) is 1. The molecule has 1 aromatic heterocycles. The summed E-state index contributed by atoms with van der Waals surface area (Å²) in [4.78, 5) is 26.5. The Labute approximate surface area is 124 Å². The molecule has 2 rings (SSSR count). The van der Waals surface area contributed by atoms with Crippen LogP contribution in [-0.4, -0.2) is 22.0 Å². The van der Waals surface area contributed by atoms with Gasteiger partial charge < -0.3 is 10.4 Å². The lowest BCUT2D eigenvalue weighted by Gasteiger charge is -2.05. The molecule has 0 bridgehead atoms. The lowest BCUT2D eigenvalue weighted by Crippen LogP contribution is -2.22. The summed E-state index contributed by atoms with van der Waals surface area (Å²) in [6.07, 6.45) is 0. The van der Waals surface area contributed by atoms with Gasteiger partial charge in [-0.15, -0.1) is 11.3 Å². The van der Waals surface area contributed by atoms with Gasteiger partial charge in [-0.05, 0) is 24.6 Å². The largest absolute Gasteiger partial charge is 0.476 e. The van der Waals surface area contributed by atoms with Gasteiger partial charge >= 0.3 is 5.97 Å². The Kier molecular flexibility index (Phi) is 4.36. The molecular weight excluding hydrogens is 300 g/mol. The quantitative estimate of drug-likeness (QED) is 0.910. The molecule has 1 amide bonds. The number of benzene rings is 1. The summed E-state index contributed by atoms with van der Waals surface area (Å²) in [6, 6.07) is 5.04. The van der Waals surface area contributed by atoms with E-state index >= 15 is 0 Å². The van der Waals surface area contributed by atoms with E-state index < -0.39 is 5.97 Å². The van der Waals surface area contributed by atoms with Crippen molar-refractivity contribution in [3.63, 3.8) is 0 Å². The monoisotopic (exact) mass is 310 g/mol. The summed E-state index contributed by atoms with van der Waals surface area (Å²) in [5, 5.41) is 13.9. The van der Waals surface area contributed by atoms with Gasteiger partial charge in [0.25, 0.3) is 5.91 Å². The maximum Gasteiger partial charge on any atom is 0.355 e. The van der Waals surface area contributed by atoms with Crippen molar-refractivity contribution >= 4 is 34.8 Å². The zero-order chi connectivity index (χ0) is 14.7. The number of thiazole rings is 1. The summed E-state index contributed by atoms with van der Waals surface area (Å²) in [5.74, 6) is -1.36. The van der Waals surface area contributed by atoms with E-state index in [1.807, 2.05) is 6.92 Å². The van der Waals surface area contributed by atoms with E-state index in [-0.39, 0.29) is 18.1 Å². The second-order valence-corrected chi connectivity index (χ2v) is 5.43. The molecule has 20 heavy (non-hydrogen) atoms. The van der Waals surface area contributed by atoms with Gasteiger partial charge in [0, 0.05) is 16.0 Å². The molecule has 1 heterocycles. The molecule has 2 N–H and O–H groups in total. The third-order valence-electron chi connectivity index (χ3n) is 2.61. The van der Waals surface area contributed by atoms with Crippen molar-refractivity contribution in [2.75, 3.05) is 0 Å². The molecule has 0 spiro atoms. The normalized spacial score (nSPS) is 10.3. The van der Waals surface area contributed by atoms with Crippen LogP contribution in [0, 0.1) is 6.92 Å². The van der Waals surface area contributed by atoms with Gasteiger partial charge in [0.15, 0.2) is 5.69 Å². The number of nitrogens with one attached hydrogen (secondary N) is 1. The Morgan fingerprint density at radius 3 is 2.80 bits per heavy atom. The van der Waals surface area contributed by atoms with E-state index in [4.69, 9.17) is 16.7 Å². The standard InChI is InChI=1S/C13H11ClN2O3S/c1-7-2-3-8(4-9(7)14)12(17)15-5-11-16-10(6-20-11)13(18)19/h2-4,6H,5H2,1H3,(H,15,17)(H,18,19). The molecule has 0 saturated carbocycles. The van der Waals surface area contributed by atoms with Crippen molar-refractivity contribution in [2.45, 2.75) is 13.5 Å². The third-order valence-corrected chi connectivity index (χ3v) is 3.86. The topological polar surface area (TPSA) is 79.3 Å². The highest BCUT2D eigenvalue weighted by molar-refractivity contribution is 7.09. The second kappa shape index (κ2) is 6.02. The minimum absolute atomic E-state index is 0.0161. The summed E-state index contributed by atoms with van der Waals surface area (Å²) >= 11 is 7.15. The maximum atomic E-state index is 11.9. The number of aromatic nitrogens is 1. The van der Waals surface area contributed by atoms with E-state index in [0.717, 1.165) is 5.56 Å². The fourth-order valence-electron chi connectivity index (χ4n) is 1.48. The van der Waals surface area contributed by atoms with Gasteiger partial charge in [0.2, 0.25) is 0 Å². The summed E-state index contributed by atoms with van der Waals surface area (Å²) in [7, 11) is 0. The number of carbonyl (C=O) groups is 2. The van der Waals surface area contributed by atoms with Crippen LogP contribution in [-0.2, 0) is 6.54 Å². The van der Waals surface area contributed by atoms with Gasteiger partial charge in [-0.1, -0.05) is 17.7 Å². The molecule has 0 atom stereocenters. The van der Waals surface area contributed by atoms with Gasteiger partial charge in [-0.2, -0.15) is 0 Å². The van der Waals surface area contributed by atoms with Crippen molar-refractivity contribution in [1.29, 1.82) is 0 Å². The second-order valence-electron chi connectivity index (χ2n) is 4.08. The summed E-state index contributed by atoms with van der Waals surface area (Å²) in [5.41, 5.74) is 1.34. The number of hydrogen-bond donors (Lipinski definition) is 2. The van der Waals surface area contributed by atoms with Crippen molar-refractivity contribution in [2.24, 2.45) is 0 Å². The molecule has 0 saturated heterocycles. The Hall–Kier alpha value is -1.92. The Bertz CT molecular complexity index is 669. The van der Waals surface area contributed by atoms with Crippen LogP contribution in [0.5, 0.6) is 0 Å². The van der Waals surface area contributed by atoms with E-state index in [1.54, 1.807) is 18.2 Å². The smallest absolute Gasteiger partial charge is 0.355 e. The van der Waals surface area contributed by atoms with Gasteiger partial charge in [0.05, 0.1) is 6.54 Å². The highest BCUT2D eigenvalue weighted by atomic mass is 35.5. The van der Waals surface area contributed by atoms with Crippen molar-refractivity contribution in [3.8, 4) is 0 Å². The predicted octanol–water partition coefficient (Wildman–Crippen LogP) is 2.73. The van der Waals surface area contributed by atoms with Crippen LogP contribution in [0.2, 0.25) is 5.02 Å². The van der Waals surface area contributed by atoms with Crippen molar-refractivity contribution in [3.05, 3.63) is 50.4 Å². The minimum atomic E-state index is -1.08. The Balaban J connectivity index is 2.00. The predicted molar refractivity (Wildman–Crippen MR) is 76.4 cm³/mol. The number of carboxylic acid groups (broad SMARTS) is 1. The van der Waals surface area contributed by atoms with Crippen molar-refractivity contribution in [1.82, 2.24) is 10.3 Å². The van der Waals surface area contributed by atoms with Crippen LogP contribution in [0.4, 0.5) is 0 Å². The fourth-order valence-corrected chi connectivity index (χ4v) is 2.37. The molecule has 5 nitrogen and oxygen atoms in total. The molecule has 1 aromatic carbocycles. The highest BCUT2D eigenvalue weighted by Gasteiger charge is 2.11. The van der Waals surface area contributed by atoms with Crippen LogP contribution in [0.25, 0.3) is 0 Å². The van der Waals surface area contributed by atoms with Gasteiger partial charge in [0.1, 0.15) is 5.01 Å². The number of halogens is 1. The molecular formula is C13H11ClN2O3S. The van der Waals surface area contributed by atoms with Crippen LogP contribution in [0.15, 0.2) is 23.6 Å². The SMILES string of the molecule is Cc1ccc(C(=O)NCc2nc(C(=O)O)cs2)cc1Cl. The molecule has 0 fully saturated rings. The fraction of sp³-hybridized carbons (Fsp3) is 0.154. The Morgan fingerprint density at radius 1 is 1.45 bits per heavy atom. The van der Waals surface area contributed by atoms with Crippen molar-refractivity contribution < 1.29 is 14.7 Å². The minimum Gasteiger partial charge on any atom is -0.476 e. The van der Waals surface area contributed by atoms with Crippen LogP contribution in [0.1, 0.15) is 31.4 Å². The number of aryl methyl sites for hydroxylation is 1. The number of rotatable bonds is 4. The Morgan fingerprint density at radius 2 is 2.20 bits per heavy atom. The van der Waals surface area contributed by atoms with Crippen LogP contribution < -0.4 is 5.32 Å². The molecule has 2 aromatic rings. The first-order valence-corrected chi connectivity index (χ1v) is 6.95. The highest BCUT2D eigenvalue weighted by Crippen LogP contribution is 2.17. The van der Waals surface area contributed by atoms with Gasteiger partial charge in [-0.25, -0.2) is 9.78 Å². The molecule has 0 aliphatic heterocycles. The first-order valence-electron chi connectivity index (χ1n) is 5.69. The number of carboxylic acids is 1. The van der Waals surface area contributed by atoms with E-state index in [9.17, 15) is 9.59 Å². The number of amides is 1. The first kappa shape index (κ1) is 14.5. The molecule has 0 aliphatic rings. The number of carbonyl (C=O) groups excluding carboxylic acids is 1. The van der Waals surface area contributed by atoms with E-state index in [1.165, 1.54) is 16.7 Å². The lowest BCUT2D eigenvalue weighted by atomic mass is 10.1. The lowest BCUT2D eigenvalue weighted by molar-refractivity contribution is 0.0691. The van der Waals surface area contributed by atoms with E-state index in [0.29, 0.717) is 15.6 Å². The average Bonchev–Trinajstić information content (AvgIpc) is 2.88. The molecule has 0 radical (unpaired) electrons.